The number of hydrogen-bond acceptors (Lipinski definition) is 1. The van der Waals surface area contributed by atoms with E-state index in [1.807, 2.05) is 0 Å². The zero-order valence-electron chi connectivity index (χ0n) is 8.11. The Morgan fingerprint density at radius 2 is 1.56 bits per heavy atom. The summed E-state index contributed by atoms with van der Waals surface area (Å²) in [4.78, 5) is 0. The van der Waals surface area contributed by atoms with Crippen LogP contribution in [0.5, 0.6) is 5.75 Å². The normalized spacial score (nSPS) is 11.1. The van der Waals surface area contributed by atoms with Crippen LogP contribution in [0.3, 0.4) is 0 Å². The molecule has 0 aliphatic rings. The fraction of sp³-hybridized carbons (Fsp3) is 0.200. The van der Waals surface area contributed by atoms with Crippen molar-refractivity contribution in [3.63, 3.8) is 0 Å². The molecule has 0 amide bonds. The van der Waals surface area contributed by atoms with Crippen molar-refractivity contribution in [2.75, 3.05) is 7.11 Å². The van der Waals surface area contributed by atoms with E-state index in [4.69, 9.17) is 4.74 Å². The van der Waals surface area contributed by atoms with Gasteiger partial charge < -0.3 is 4.74 Å². The van der Waals surface area contributed by atoms with Crippen LogP contribution in [0.4, 0.5) is 22.0 Å². The summed E-state index contributed by atoms with van der Waals surface area (Å²) < 4.78 is 65.9. The molecule has 0 heterocycles. The maximum Gasteiger partial charge on any atom is 0.422 e. The first kappa shape index (κ1) is 12.5. The lowest BCUT2D eigenvalue weighted by Gasteiger charge is -2.10. The Hall–Kier alpha value is -1.59. The number of allylic oxidation sites excluding steroid dienone is 1. The highest BCUT2D eigenvalue weighted by molar-refractivity contribution is 5.70. The van der Waals surface area contributed by atoms with E-state index in [1.165, 1.54) is 19.2 Å². The monoisotopic (exact) mass is 238 g/mol. The largest absolute Gasteiger partial charge is 0.497 e. The van der Waals surface area contributed by atoms with Gasteiger partial charge in [0.1, 0.15) is 11.3 Å². The molecule has 0 aromatic heterocycles. The van der Waals surface area contributed by atoms with E-state index in [2.05, 4.69) is 0 Å². The molecule has 6 heteroatoms. The van der Waals surface area contributed by atoms with E-state index in [0.29, 0.717) is 5.75 Å². The Balaban J connectivity index is 3.19. The van der Waals surface area contributed by atoms with Crippen molar-refractivity contribution >= 4 is 5.57 Å². The van der Waals surface area contributed by atoms with Gasteiger partial charge in [-0.15, -0.1) is 0 Å². The van der Waals surface area contributed by atoms with Crippen molar-refractivity contribution in [3.8, 4) is 5.75 Å². The zero-order valence-corrected chi connectivity index (χ0v) is 8.11. The summed E-state index contributed by atoms with van der Waals surface area (Å²) in [5, 5.41) is 0. The smallest absolute Gasteiger partial charge is 0.422 e. The highest BCUT2D eigenvalue weighted by Gasteiger charge is 2.38. The van der Waals surface area contributed by atoms with Gasteiger partial charge >= 0.3 is 6.18 Å². The van der Waals surface area contributed by atoms with E-state index in [1.54, 1.807) is 0 Å². The van der Waals surface area contributed by atoms with Gasteiger partial charge in [0, 0.05) is 0 Å². The Bertz CT molecular complexity index is 387. The van der Waals surface area contributed by atoms with Crippen LogP contribution in [-0.4, -0.2) is 13.3 Å². The molecule has 0 aliphatic heterocycles. The lowest BCUT2D eigenvalue weighted by molar-refractivity contribution is -0.0711. The van der Waals surface area contributed by atoms with Crippen LogP contribution in [0.1, 0.15) is 5.56 Å². The lowest BCUT2D eigenvalue weighted by Crippen LogP contribution is -2.11. The van der Waals surface area contributed by atoms with Crippen molar-refractivity contribution in [1.82, 2.24) is 0 Å². The average molecular weight is 238 g/mol. The Labute approximate surface area is 88.1 Å². The molecule has 0 spiro atoms. The Morgan fingerprint density at radius 3 is 1.88 bits per heavy atom. The van der Waals surface area contributed by atoms with Crippen LogP contribution < -0.4 is 4.74 Å². The second kappa shape index (κ2) is 4.51. The summed E-state index contributed by atoms with van der Waals surface area (Å²) in [5.41, 5.74) is -2.51. The molecule has 1 rings (SSSR count). The van der Waals surface area contributed by atoms with Gasteiger partial charge in [0.25, 0.3) is 6.08 Å². The molecule has 1 aromatic carbocycles. The van der Waals surface area contributed by atoms with Gasteiger partial charge in [-0.1, -0.05) is 12.1 Å². The molecule has 0 bridgehead atoms. The standard InChI is InChI=1S/C10H7F5O/c1-16-7-4-2-6(3-5-7)8(9(11)12)10(13,14)15/h2-5H,1H3. The van der Waals surface area contributed by atoms with Gasteiger partial charge in [0.15, 0.2) is 0 Å². The van der Waals surface area contributed by atoms with Crippen LogP contribution in [0.15, 0.2) is 30.3 Å². The predicted molar refractivity (Wildman–Crippen MR) is 48.2 cm³/mol. The van der Waals surface area contributed by atoms with E-state index in [9.17, 15) is 22.0 Å². The molecule has 1 nitrogen and oxygen atoms in total. The molecule has 0 fully saturated rings. The number of alkyl halides is 3. The van der Waals surface area contributed by atoms with Gasteiger partial charge in [-0.3, -0.25) is 0 Å². The maximum atomic E-state index is 12.3. The zero-order chi connectivity index (χ0) is 12.3. The number of ether oxygens (including phenoxy) is 1. The minimum Gasteiger partial charge on any atom is -0.497 e. The highest BCUT2D eigenvalue weighted by Crippen LogP contribution is 2.37. The fourth-order valence-corrected chi connectivity index (χ4v) is 1.14. The first-order valence-corrected chi connectivity index (χ1v) is 4.13. The quantitative estimate of drug-likeness (QED) is 0.711. The van der Waals surface area contributed by atoms with Crippen LogP contribution in [0.2, 0.25) is 0 Å². The van der Waals surface area contributed by atoms with Crippen molar-refractivity contribution in [3.05, 3.63) is 35.9 Å². The Morgan fingerprint density at radius 1 is 1.06 bits per heavy atom. The first-order chi connectivity index (χ1) is 7.36. The van der Waals surface area contributed by atoms with Gasteiger partial charge in [-0.2, -0.15) is 22.0 Å². The van der Waals surface area contributed by atoms with E-state index in [0.717, 1.165) is 12.1 Å². The maximum absolute atomic E-state index is 12.3. The molecule has 0 aliphatic carbocycles. The van der Waals surface area contributed by atoms with Crippen molar-refractivity contribution in [2.45, 2.75) is 6.18 Å². The molecular weight excluding hydrogens is 231 g/mol. The number of benzene rings is 1. The average Bonchev–Trinajstić information content (AvgIpc) is 2.16. The van der Waals surface area contributed by atoms with Crippen LogP contribution in [0.25, 0.3) is 5.57 Å². The van der Waals surface area contributed by atoms with Crippen LogP contribution >= 0.6 is 0 Å². The number of halogens is 5. The van der Waals surface area contributed by atoms with Gasteiger partial charge in [-0.05, 0) is 17.7 Å². The second-order valence-electron chi connectivity index (χ2n) is 2.86. The minimum atomic E-state index is -5.08. The van der Waals surface area contributed by atoms with Crippen LogP contribution in [-0.2, 0) is 0 Å². The Kier molecular flexibility index (Phi) is 3.51. The molecule has 1 aromatic rings. The topological polar surface area (TPSA) is 9.23 Å². The SMILES string of the molecule is COc1ccc(C(=C(F)F)C(F)(F)F)cc1. The third-order valence-corrected chi connectivity index (χ3v) is 1.85. The molecular formula is C10H7F5O. The summed E-state index contributed by atoms with van der Waals surface area (Å²) in [7, 11) is 1.32. The van der Waals surface area contributed by atoms with Crippen molar-refractivity contribution in [2.24, 2.45) is 0 Å². The predicted octanol–water partition coefficient (Wildman–Crippen LogP) is 3.87. The van der Waals surface area contributed by atoms with Crippen molar-refractivity contribution in [1.29, 1.82) is 0 Å². The van der Waals surface area contributed by atoms with E-state index in [-0.39, 0.29) is 0 Å². The molecule has 16 heavy (non-hydrogen) atoms. The number of methoxy groups -OCH3 is 1. The summed E-state index contributed by atoms with van der Waals surface area (Å²) in [6.07, 6.45) is -7.83. The second-order valence-corrected chi connectivity index (χ2v) is 2.86. The van der Waals surface area contributed by atoms with Crippen molar-refractivity contribution < 1.29 is 26.7 Å². The summed E-state index contributed by atoms with van der Waals surface area (Å²) >= 11 is 0. The summed E-state index contributed by atoms with van der Waals surface area (Å²) in [6.45, 7) is 0. The van der Waals surface area contributed by atoms with Crippen LogP contribution in [0, 0.1) is 0 Å². The number of rotatable bonds is 2. The van der Waals surface area contributed by atoms with Gasteiger partial charge in [0.2, 0.25) is 0 Å². The summed E-state index contributed by atoms with van der Waals surface area (Å²) in [6, 6.07) is 4.23. The van der Waals surface area contributed by atoms with E-state index >= 15 is 0 Å². The molecule has 0 N–H and O–H groups in total. The first-order valence-electron chi connectivity index (χ1n) is 4.13. The lowest BCUT2D eigenvalue weighted by atomic mass is 10.1. The molecule has 0 radical (unpaired) electrons. The molecule has 0 saturated carbocycles. The van der Waals surface area contributed by atoms with Gasteiger partial charge in [0.05, 0.1) is 7.11 Å². The third kappa shape index (κ3) is 2.71. The molecule has 0 atom stereocenters. The van der Waals surface area contributed by atoms with E-state index < -0.39 is 23.4 Å². The summed E-state index contributed by atoms with van der Waals surface area (Å²) in [5.74, 6) is 0.296. The number of hydrogen-bond donors (Lipinski definition) is 0. The minimum absolute atomic E-state index is 0.296. The molecule has 0 unspecified atom stereocenters. The third-order valence-electron chi connectivity index (χ3n) is 1.85. The highest BCUT2D eigenvalue weighted by atomic mass is 19.4. The van der Waals surface area contributed by atoms with Gasteiger partial charge in [-0.25, -0.2) is 0 Å². The molecule has 0 saturated heterocycles. The molecule has 88 valence electrons. The fourth-order valence-electron chi connectivity index (χ4n) is 1.14.